The van der Waals surface area contributed by atoms with Gasteiger partial charge in [-0.25, -0.2) is 12.7 Å². The minimum Gasteiger partial charge on any atom is -0.380 e. The van der Waals surface area contributed by atoms with Crippen LogP contribution in [0, 0.1) is 0 Å². The van der Waals surface area contributed by atoms with Crippen LogP contribution in [0.2, 0.25) is 0 Å². The van der Waals surface area contributed by atoms with Gasteiger partial charge >= 0.3 is 0 Å². The maximum absolute atomic E-state index is 11.9. The number of hydrogen-bond donors (Lipinski definition) is 1. The van der Waals surface area contributed by atoms with E-state index in [9.17, 15) is 8.42 Å². The highest BCUT2D eigenvalue weighted by molar-refractivity contribution is 7.89. The topological polar surface area (TPSA) is 58.6 Å². The fourth-order valence-corrected chi connectivity index (χ4v) is 2.72. The molecule has 0 bridgehead atoms. The minimum atomic E-state index is -3.34. The Bertz CT molecular complexity index is 491. The van der Waals surface area contributed by atoms with Gasteiger partial charge in [0.1, 0.15) is 0 Å². The van der Waals surface area contributed by atoms with E-state index >= 15 is 0 Å². The van der Waals surface area contributed by atoms with Crippen molar-refractivity contribution in [2.75, 3.05) is 32.6 Å². The van der Waals surface area contributed by atoms with Crippen molar-refractivity contribution < 1.29 is 13.2 Å². The Hall–Kier alpha value is -1.11. The van der Waals surface area contributed by atoms with Gasteiger partial charge in [-0.2, -0.15) is 0 Å². The van der Waals surface area contributed by atoms with Crippen LogP contribution in [0.15, 0.2) is 29.2 Å². The SMILES string of the molecule is CN(C)S(=O)(=O)c1ccc(NC2CCOC2)cc1. The predicted octanol–water partition coefficient (Wildman–Crippen LogP) is 1.14. The molecule has 0 spiro atoms. The summed E-state index contributed by atoms with van der Waals surface area (Å²) in [6.45, 7) is 1.49. The van der Waals surface area contributed by atoms with Crippen LogP contribution in [0.3, 0.4) is 0 Å². The number of hydrogen-bond acceptors (Lipinski definition) is 4. The van der Waals surface area contributed by atoms with Crippen molar-refractivity contribution in [3.05, 3.63) is 24.3 Å². The fraction of sp³-hybridized carbons (Fsp3) is 0.500. The molecule has 1 aromatic rings. The summed E-state index contributed by atoms with van der Waals surface area (Å²) < 4.78 is 30.2. The largest absolute Gasteiger partial charge is 0.380 e. The van der Waals surface area contributed by atoms with E-state index in [0.717, 1.165) is 18.7 Å². The lowest BCUT2D eigenvalue weighted by Gasteiger charge is -2.14. The third-order valence-corrected chi connectivity index (χ3v) is 4.76. The maximum atomic E-state index is 11.9. The van der Waals surface area contributed by atoms with E-state index in [1.807, 2.05) is 0 Å². The first kappa shape index (κ1) is 13.3. The van der Waals surface area contributed by atoms with Crippen LogP contribution in [-0.2, 0) is 14.8 Å². The molecule has 1 atom stereocenters. The molecule has 1 saturated heterocycles. The van der Waals surface area contributed by atoms with Crippen molar-refractivity contribution in [2.45, 2.75) is 17.4 Å². The molecule has 1 fully saturated rings. The number of benzene rings is 1. The van der Waals surface area contributed by atoms with Crippen LogP contribution < -0.4 is 5.32 Å². The van der Waals surface area contributed by atoms with Crippen LogP contribution in [0.25, 0.3) is 0 Å². The van der Waals surface area contributed by atoms with Crippen LogP contribution in [0.1, 0.15) is 6.42 Å². The van der Waals surface area contributed by atoms with Gasteiger partial charge in [0.15, 0.2) is 0 Å². The van der Waals surface area contributed by atoms with Crippen molar-refractivity contribution in [3.8, 4) is 0 Å². The van der Waals surface area contributed by atoms with Crippen molar-refractivity contribution in [3.63, 3.8) is 0 Å². The van der Waals surface area contributed by atoms with Crippen molar-refractivity contribution in [1.29, 1.82) is 0 Å². The van der Waals surface area contributed by atoms with Crippen LogP contribution in [-0.4, -0.2) is 46.1 Å². The van der Waals surface area contributed by atoms with Crippen LogP contribution in [0.5, 0.6) is 0 Å². The lowest BCUT2D eigenvalue weighted by molar-refractivity contribution is 0.195. The molecular weight excluding hydrogens is 252 g/mol. The Kier molecular flexibility index (Phi) is 3.89. The normalized spacial score (nSPS) is 20.3. The second kappa shape index (κ2) is 5.26. The van der Waals surface area contributed by atoms with Gasteiger partial charge in [0.2, 0.25) is 10.0 Å². The fourth-order valence-electron chi connectivity index (χ4n) is 1.82. The molecule has 1 heterocycles. The molecular formula is C12H18N2O3S. The molecule has 18 heavy (non-hydrogen) atoms. The van der Waals surface area contributed by atoms with Crippen LogP contribution >= 0.6 is 0 Å². The molecule has 0 aliphatic carbocycles. The second-order valence-corrected chi connectivity index (χ2v) is 6.67. The summed E-state index contributed by atoms with van der Waals surface area (Å²) in [5, 5.41) is 3.32. The number of nitrogens with one attached hydrogen (secondary N) is 1. The van der Waals surface area contributed by atoms with Crippen molar-refractivity contribution in [1.82, 2.24) is 4.31 Å². The quantitative estimate of drug-likeness (QED) is 0.891. The third-order valence-electron chi connectivity index (χ3n) is 2.93. The molecule has 1 N–H and O–H groups in total. The lowest BCUT2D eigenvalue weighted by atomic mass is 10.2. The average molecular weight is 270 g/mol. The summed E-state index contributed by atoms with van der Waals surface area (Å²) in [5.41, 5.74) is 0.920. The molecule has 6 heteroatoms. The summed E-state index contributed by atoms with van der Waals surface area (Å²) in [6.07, 6.45) is 0.984. The van der Waals surface area contributed by atoms with Gasteiger partial charge in [0, 0.05) is 26.4 Å². The molecule has 1 unspecified atom stereocenters. The van der Waals surface area contributed by atoms with E-state index in [-0.39, 0.29) is 0 Å². The molecule has 5 nitrogen and oxygen atoms in total. The highest BCUT2D eigenvalue weighted by atomic mass is 32.2. The summed E-state index contributed by atoms with van der Waals surface area (Å²) >= 11 is 0. The Morgan fingerprint density at radius 1 is 1.28 bits per heavy atom. The molecule has 0 amide bonds. The third kappa shape index (κ3) is 2.82. The number of sulfonamides is 1. The smallest absolute Gasteiger partial charge is 0.242 e. The van der Waals surface area contributed by atoms with Gasteiger partial charge in [0.05, 0.1) is 17.5 Å². The molecule has 100 valence electrons. The Morgan fingerprint density at radius 2 is 1.94 bits per heavy atom. The highest BCUT2D eigenvalue weighted by Gasteiger charge is 2.18. The molecule has 2 rings (SSSR count). The van der Waals surface area contributed by atoms with Gasteiger partial charge in [-0.05, 0) is 30.7 Å². The van der Waals surface area contributed by atoms with E-state index in [0.29, 0.717) is 17.5 Å². The zero-order chi connectivity index (χ0) is 13.2. The Labute approximate surface area is 108 Å². The zero-order valence-corrected chi connectivity index (χ0v) is 11.4. The van der Waals surface area contributed by atoms with E-state index in [2.05, 4.69) is 5.32 Å². The molecule has 0 aromatic heterocycles. The Morgan fingerprint density at radius 3 is 2.44 bits per heavy atom. The average Bonchev–Trinajstić information content (AvgIpc) is 2.82. The first-order valence-electron chi connectivity index (χ1n) is 5.87. The zero-order valence-electron chi connectivity index (χ0n) is 10.6. The molecule has 0 saturated carbocycles. The predicted molar refractivity (Wildman–Crippen MR) is 70.2 cm³/mol. The van der Waals surface area contributed by atoms with Gasteiger partial charge in [-0.1, -0.05) is 0 Å². The Balaban J connectivity index is 2.10. The molecule has 1 aliphatic heterocycles. The summed E-state index contributed by atoms with van der Waals surface area (Å²) in [5.74, 6) is 0. The molecule has 0 radical (unpaired) electrons. The van der Waals surface area contributed by atoms with Gasteiger partial charge in [-0.15, -0.1) is 0 Å². The molecule has 1 aromatic carbocycles. The van der Waals surface area contributed by atoms with Crippen LogP contribution in [0.4, 0.5) is 5.69 Å². The van der Waals surface area contributed by atoms with E-state index in [4.69, 9.17) is 4.74 Å². The summed E-state index contributed by atoms with van der Waals surface area (Å²) in [4.78, 5) is 0.306. The second-order valence-electron chi connectivity index (χ2n) is 4.52. The number of anilines is 1. The minimum absolute atomic E-state index is 0.306. The monoisotopic (exact) mass is 270 g/mol. The number of ether oxygens (including phenoxy) is 1. The summed E-state index contributed by atoms with van der Waals surface area (Å²) in [7, 11) is -0.290. The van der Waals surface area contributed by atoms with E-state index in [1.165, 1.54) is 18.4 Å². The van der Waals surface area contributed by atoms with Gasteiger partial charge in [-0.3, -0.25) is 0 Å². The van der Waals surface area contributed by atoms with E-state index < -0.39 is 10.0 Å². The maximum Gasteiger partial charge on any atom is 0.242 e. The summed E-state index contributed by atoms with van der Waals surface area (Å²) in [6, 6.07) is 7.13. The van der Waals surface area contributed by atoms with Gasteiger partial charge in [0.25, 0.3) is 0 Å². The van der Waals surface area contributed by atoms with E-state index in [1.54, 1.807) is 24.3 Å². The lowest BCUT2D eigenvalue weighted by Crippen LogP contribution is -2.22. The van der Waals surface area contributed by atoms with Crippen molar-refractivity contribution in [2.24, 2.45) is 0 Å². The van der Waals surface area contributed by atoms with Gasteiger partial charge < -0.3 is 10.1 Å². The van der Waals surface area contributed by atoms with Crippen molar-refractivity contribution >= 4 is 15.7 Å². The first-order valence-corrected chi connectivity index (χ1v) is 7.31. The molecule has 1 aliphatic rings. The number of nitrogens with zero attached hydrogens (tertiary/aromatic N) is 1. The highest BCUT2D eigenvalue weighted by Crippen LogP contribution is 2.18. The first-order chi connectivity index (χ1) is 8.50. The number of rotatable bonds is 4. The standard InChI is InChI=1S/C12H18N2O3S/c1-14(2)18(15,16)12-5-3-10(4-6-12)13-11-7-8-17-9-11/h3-6,11,13H,7-9H2,1-2H3.